The molecule has 2 amide bonds. The fourth-order valence-corrected chi connectivity index (χ4v) is 6.31. The minimum absolute atomic E-state index is 0.0119. The van der Waals surface area contributed by atoms with Gasteiger partial charge >= 0.3 is 10.2 Å². The SMILES string of the molecule is CN(C)S(=O)(=O)N(CC(=O)N(Cc1ccccc1Cl)[C@H](Cc1ccccc1)C(=O)NC1CCCC1)c1ccc(F)cc1. The Balaban J connectivity index is 1.76. The first kappa shape index (κ1) is 31.5. The van der Waals surface area contributed by atoms with Gasteiger partial charge in [0.1, 0.15) is 18.4 Å². The van der Waals surface area contributed by atoms with Gasteiger partial charge in [-0.2, -0.15) is 12.7 Å². The van der Waals surface area contributed by atoms with E-state index in [0.717, 1.165) is 52.0 Å². The number of rotatable bonds is 12. The zero-order valence-corrected chi connectivity index (χ0v) is 25.3. The standard InChI is InChI=1S/C31H36ClFN4O4S/c1-35(2)42(40,41)37(27-18-16-25(33)17-19-27)22-30(38)36(21-24-12-6-9-15-28(24)32)29(20-23-10-4-3-5-11-23)31(39)34-26-13-7-8-14-26/h3-6,9-12,15-19,26,29H,7-8,13-14,20-22H2,1-2H3,(H,34,39)/t29-/m1/s1. The van der Waals surface area contributed by atoms with E-state index in [0.29, 0.717) is 10.6 Å². The molecule has 42 heavy (non-hydrogen) atoms. The summed E-state index contributed by atoms with van der Waals surface area (Å²) in [5.74, 6) is -1.46. The molecule has 0 saturated heterocycles. The fraction of sp³-hybridized carbons (Fsp3) is 0.355. The second-order valence-electron chi connectivity index (χ2n) is 10.6. The number of nitrogens with one attached hydrogen (secondary N) is 1. The van der Waals surface area contributed by atoms with E-state index in [9.17, 15) is 22.4 Å². The maximum Gasteiger partial charge on any atom is 0.304 e. The molecule has 1 atom stereocenters. The van der Waals surface area contributed by atoms with E-state index in [-0.39, 0.29) is 30.6 Å². The van der Waals surface area contributed by atoms with Crippen molar-refractivity contribution in [3.8, 4) is 0 Å². The van der Waals surface area contributed by atoms with Crippen LogP contribution in [0.5, 0.6) is 0 Å². The molecule has 0 aliphatic heterocycles. The van der Waals surface area contributed by atoms with Crippen molar-refractivity contribution in [3.05, 3.63) is 101 Å². The van der Waals surface area contributed by atoms with E-state index < -0.39 is 34.5 Å². The second-order valence-corrected chi connectivity index (χ2v) is 13.1. The highest BCUT2D eigenvalue weighted by Gasteiger charge is 2.35. The van der Waals surface area contributed by atoms with Crippen LogP contribution in [0.2, 0.25) is 5.02 Å². The van der Waals surface area contributed by atoms with Crippen LogP contribution in [0.3, 0.4) is 0 Å². The Morgan fingerprint density at radius 2 is 1.57 bits per heavy atom. The van der Waals surface area contributed by atoms with Crippen molar-refractivity contribution < 1.29 is 22.4 Å². The van der Waals surface area contributed by atoms with E-state index >= 15 is 0 Å². The largest absolute Gasteiger partial charge is 0.352 e. The van der Waals surface area contributed by atoms with Crippen LogP contribution in [-0.4, -0.2) is 62.2 Å². The van der Waals surface area contributed by atoms with Crippen molar-refractivity contribution in [3.63, 3.8) is 0 Å². The first-order valence-electron chi connectivity index (χ1n) is 13.9. The van der Waals surface area contributed by atoms with Crippen molar-refractivity contribution in [2.45, 2.75) is 50.7 Å². The number of hydrogen-bond donors (Lipinski definition) is 1. The van der Waals surface area contributed by atoms with Gasteiger partial charge in [-0.1, -0.05) is 73.0 Å². The molecule has 1 saturated carbocycles. The molecule has 1 aliphatic rings. The number of hydrogen-bond acceptors (Lipinski definition) is 4. The van der Waals surface area contributed by atoms with Crippen LogP contribution in [0.25, 0.3) is 0 Å². The van der Waals surface area contributed by atoms with Crippen LogP contribution < -0.4 is 9.62 Å². The Kier molecular flexibility index (Phi) is 10.6. The molecule has 4 rings (SSSR count). The number of nitrogens with zero attached hydrogens (tertiary/aromatic N) is 3. The summed E-state index contributed by atoms with van der Waals surface area (Å²) in [5, 5.41) is 3.54. The van der Waals surface area contributed by atoms with Gasteiger partial charge < -0.3 is 10.2 Å². The van der Waals surface area contributed by atoms with Crippen LogP contribution >= 0.6 is 11.6 Å². The molecule has 0 unspecified atom stereocenters. The maximum absolute atomic E-state index is 14.3. The van der Waals surface area contributed by atoms with Crippen LogP contribution in [0.1, 0.15) is 36.8 Å². The van der Waals surface area contributed by atoms with Gasteiger partial charge in [0.15, 0.2) is 0 Å². The smallest absolute Gasteiger partial charge is 0.304 e. The molecule has 0 bridgehead atoms. The van der Waals surface area contributed by atoms with Crippen molar-refractivity contribution in [2.75, 3.05) is 24.9 Å². The average molecular weight is 615 g/mol. The van der Waals surface area contributed by atoms with E-state index in [1.165, 1.54) is 31.1 Å². The highest BCUT2D eigenvalue weighted by molar-refractivity contribution is 7.90. The third-order valence-corrected chi connectivity index (χ3v) is 9.59. The molecule has 3 aromatic carbocycles. The second kappa shape index (κ2) is 14.1. The van der Waals surface area contributed by atoms with Gasteiger partial charge in [-0.3, -0.25) is 9.59 Å². The Bertz CT molecular complexity index is 1470. The minimum Gasteiger partial charge on any atom is -0.352 e. The number of halogens is 2. The summed E-state index contributed by atoms with van der Waals surface area (Å²) in [5.41, 5.74) is 1.58. The number of benzene rings is 3. The zero-order chi connectivity index (χ0) is 30.3. The molecule has 1 N–H and O–H groups in total. The normalized spacial score (nSPS) is 14.5. The van der Waals surface area contributed by atoms with Crippen molar-refractivity contribution >= 4 is 39.3 Å². The molecule has 3 aromatic rings. The van der Waals surface area contributed by atoms with Crippen LogP contribution in [0, 0.1) is 5.82 Å². The Hall–Kier alpha value is -3.47. The molecule has 0 aromatic heterocycles. The van der Waals surface area contributed by atoms with Gasteiger partial charge in [-0.15, -0.1) is 0 Å². The van der Waals surface area contributed by atoms with Gasteiger partial charge in [0.2, 0.25) is 11.8 Å². The number of amides is 2. The van der Waals surface area contributed by atoms with E-state index in [2.05, 4.69) is 5.32 Å². The third kappa shape index (κ3) is 7.87. The summed E-state index contributed by atoms with van der Waals surface area (Å²) in [7, 11) is -1.46. The Labute approximate surface area is 252 Å². The molecule has 224 valence electrons. The lowest BCUT2D eigenvalue weighted by atomic mass is 10.0. The van der Waals surface area contributed by atoms with Crippen LogP contribution in [-0.2, 0) is 32.8 Å². The summed E-state index contributed by atoms with van der Waals surface area (Å²) in [6.07, 6.45) is 3.98. The van der Waals surface area contributed by atoms with Gasteiger partial charge in [0, 0.05) is 38.1 Å². The predicted octanol–water partition coefficient (Wildman–Crippen LogP) is 4.79. The molecule has 1 aliphatic carbocycles. The van der Waals surface area contributed by atoms with E-state index in [1.807, 2.05) is 30.3 Å². The average Bonchev–Trinajstić information content (AvgIpc) is 3.48. The minimum atomic E-state index is -4.17. The van der Waals surface area contributed by atoms with Crippen molar-refractivity contribution in [1.29, 1.82) is 0 Å². The van der Waals surface area contributed by atoms with Gasteiger partial charge in [0.25, 0.3) is 0 Å². The number of carbonyl (C=O) groups is 2. The van der Waals surface area contributed by atoms with E-state index in [4.69, 9.17) is 11.6 Å². The summed E-state index contributed by atoms with van der Waals surface area (Å²) >= 11 is 6.50. The first-order chi connectivity index (χ1) is 20.1. The summed E-state index contributed by atoms with van der Waals surface area (Å²) in [4.78, 5) is 29.6. The summed E-state index contributed by atoms with van der Waals surface area (Å²) in [6, 6.07) is 20.3. The summed E-state index contributed by atoms with van der Waals surface area (Å²) < 4.78 is 42.4. The highest BCUT2D eigenvalue weighted by Crippen LogP contribution is 2.25. The van der Waals surface area contributed by atoms with Crippen molar-refractivity contribution in [1.82, 2.24) is 14.5 Å². The Morgan fingerprint density at radius 3 is 2.19 bits per heavy atom. The molecular weight excluding hydrogens is 579 g/mol. The van der Waals surface area contributed by atoms with E-state index in [1.54, 1.807) is 24.3 Å². The zero-order valence-electron chi connectivity index (χ0n) is 23.7. The van der Waals surface area contributed by atoms with Gasteiger partial charge in [-0.05, 0) is 54.3 Å². The first-order valence-corrected chi connectivity index (χ1v) is 15.7. The molecule has 1 fully saturated rings. The quantitative estimate of drug-likeness (QED) is 0.318. The van der Waals surface area contributed by atoms with Crippen LogP contribution in [0.15, 0.2) is 78.9 Å². The maximum atomic E-state index is 14.3. The fourth-order valence-electron chi connectivity index (χ4n) is 5.06. The topological polar surface area (TPSA) is 90.0 Å². The molecule has 11 heteroatoms. The highest BCUT2D eigenvalue weighted by atomic mass is 35.5. The van der Waals surface area contributed by atoms with Crippen LogP contribution in [0.4, 0.5) is 10.1 Å². The molecule has 0 heterocycles. The number of carbonyl (C=O) groups excluding carboxylic acids is 2. The monoisotopic (exact) mass is 614 g/mol. The van der Waals surface area contributed by atoms with Gasteiger partial charge in [-0.25, -0.2) is 8.70 Å². The molecule has 0 radical (unpaired) electrons. The molecular formula is C31H36ClFN4O4S. The third-order valence-electron chi connectivity index (χ3n) is 7.40. The lowest BCUT2D eigenvalue weighted by molar-refractivity contribution is -0.140. The Morgan fingerprint density at radius 1 is 0.952 bits per heavy atom. The lowest BCUT2D eigenvalue weighted by Crippen LogP contribution is -2.55. The summed E-state index contributed by atoms with van der Waals surface area (Å²) in [6.45, 7) is -0.633. The molecule has 0 spiro atoms. The number of anilines is 1. The predicted molar refractivity (Wildman–Crippen MR) is 163 cm³/mol. The lowest BCUT2D eigenvalue weighted by Gasteiger charge is -2.35. The van der Waals surface area contributed by atoms with Crippen molar-refractivity contribution in [2.24, 2.45) is 0 Å². The molecule has 8 nitrogen and oxygen atoms in total. The van der Waals surface area contributed by atoms with Gasteiger partial charge in [0.05, 0.1) is 5.69 Å².